The monoisotopic (exact) mass is 207 g/mol. The van der Waals surface area contributed by atoms with Crippen molar-refractivity contribution in [2.75, 3.05) is 0 Å². The second-order valence-electron chi connectivity index (χ2n) is 5.27. The smallest absolute Gasteiger partial charge is 0.118 e. The molecule has 1 rings (SSSR count). The number of hydrogen-bond acceptors (Lipinski definition) is 2. The zero-order valence-electron chi connectivity index (χ0n) is 10.0. The average molecular weight is 207 g/mol. The molecule has 1 unspecified atom stereocenters. The Morgan fingerprint density at radius 1 is 1.33 bits per heavy atom. The maximum absolute atomic E-state index is 9.69. The minimum absolute atomic E-state index is 0.0751. The molecule has 1 aromatic carbocycles. The maximum atomic E-state index is 9.69. The van der Waals surface area contributed by atoms with Crippen LogP contribution in [0.3, 0.4) is 0 Å². The van der Waals surface area contributed by atoms with Crippen LogP contribution < -0.4 is 5.73 Å². The summed E-state index contributed by atoms with van der Waals surface area (Å²) in [4.78, 5) is 0. The third-order valence-corrected chi connectivity index (χ3v) is 2.49. The van der Waals surface area contributed by atoms with Crippen LogP contribution in [0.4, 0.5) is 0 Å². The lowest BCUT2D eigenvalue weighted by Crippen LogP contribution is -2.18. The van der Waals surface area contributed by atoms with Gasteiger partial charge in [0.1, 0.15) is 5.75 Å². The first-order chi connectivity index (χ1) is 6.80. The van der Waals surface area contributed by atoms with Crippen molar-refractivity contribution in [3.05, 3.63) is 29.3 Å². The highest BCUT2D eigenvalue weighted by molar-refractivity contribution is 5.39. The van der Waals surface area contributed by atoms with E-state index in [2.05, 4.69) is 26.8 Å². The molecule has 0 aliphatic carbocycles. The van der Waals surface area contributed by atoms with Crippen molar-refractivity contribution in [2.45, 2.75) is 45.6 Å². The molecule has 0 heterocycles. The Morgan fingerprint density at radius 2 is 1.93 bits per heavy atom. The summed E-state index contributed by atoms with van der Waals surface area (Å²) in [5.74, 6) is 0.348. The Kier molecular flexibility index (Phi) is 3.40. The molecule has 15 heavy (non-hydrogen) atoms. The molecule has 0 aromatic heterocycles. The van der Waals surface area contributed by atoms with E-state index in [0.29, 0.717) is 5.75 Å². The van der Waals surface area contributed by atoms with Gasteiger partial charge in [-0.25, -0.2) is 0 Å². The first-order valence-corrected chi connectivity index (χ1v) is 5.38. The first-order valence-electron chi connectivity index (χ1n) is 5.38. The van der Waals surface area contributed by atoms with Gasteiger partial charge in [-0.1, -0.05) is 32.9 Å². The summed E-state index contributed by atoms with van der Waals surface area (Å²) in [5.41, 5.74) is 8.03. The van der Waals surface area contributed by atoms with E-state index in [4.69, 9.17) is 5.73 Å². The Bertz CT molecular complexity index is 337. The third kappa shape index (κ3) is 3.24. The SMILES string of the molecule is CC(N)Cc1cc(C(C)(C)C)ccc1O. The quantitative estimate of drug-likeness (QED) is 0.783. The Hall–Kier alpha value is -1.02. The van der Waals surface area contributed by atoms with Crippen molar-refractivity contribution >= 4 is 0 Å². The van der Waals surface area contributed by atoms with Crippen LogP contribution in [0.2, 0.25) is 0 Å². The molecule has 0 radical (unpaired) electrons. The molecule has 0 amide bonds. The molecule has 0 bridgehead atoms. The Balaban J connectivity index is 3.06. The fourth-order valence-electron chi connectivity index (χ4n) is 1.56. The summed E-state index contributed by atoms with van der Waals surface area (Å²) in [6.45, 7) is 8.43. The summed E-state index contributed by atoms with van der Waals surface area (Å²) in [6, 6.07) is 5.86. The van der Waals surface area contributed by atoms with Gasteiger partial charge in [-0.15, -0.1) is 0 Å². The predicted octanol–water partition coefficient (Wildman–Crippen LogP) is 2.58. The zero-order chi connectivity index (χ0) is 11.6. The van der Waals surface area contributed by atoms with Gasteiger partial charge >= 0.3 is 0 Å². The number of benzene rings is 1. The molecule has 3 N–H and O–H groups in total. The fraction of sp³-hybridized carbons (Fsp3) is 0.538. The van der Waals surface area contributed by atoms with E-state index in [-0.39, 0.29) is 11.5 Å². The minimum Gasteiger partial charge on any atom is -0.508 e. The van der Waals surface area contributed by atoms with Gasteiger partial charge in [0.25, 0.3) is 0 Å². The van der Waals surface area contributed by atoms with Gasteiger partial charge in [-0.2, -0.15) is 0 Å². The van der Waals surface area contributed by atoms with Crippen LogP contribution in [0.25, 0.3) is 0 Å². The minimum atomic E-state index is 0.0751. The van der Waals surface area contributed by atoms with E-state index in [0.717, 1.165) is 12.0 Å². The van der Waals surface area contributed by atoms with Crippen LogP contribution >= 0.6 is 0 Å². The predicted molar refractivity (Wildman–Crippen MR) is 64.2 cm³/mol. The summed E-state index contributed by atoms with van der Waals surface area (Å²) in [7, 11) is 0. The van der Waals surface area contributed by atoms with Crippen LogP contribution in [-0.2, 0) is 11.8 Å². The molecule has 0 spiro atoms. The maximum Gasteiger partial charge on any atom is 0.118 e. The first kappa shape index (κ1) is 12.1. The molecule has 0 aliphatic rings. The normalized spacial score (nSPS) is 13.9. The highest BCUT2D eigenvalue weighted by Gasteiger charge is 2.15. The van der Waals surface area contributed by atoms with Crippen molar-refractivity contribution in [3.63, 3.8) is 0 Å². The number of aromatic hydroxyl groups is 1. The summed E-state index contributed by atoms with van der Waals surface area (Å²) in [6.07, 6.45) is 0.718. The molecule has 0 fully saturated rings. The van der Waals surface area contributed by atoms with Crippen molar-refractivity contribution < 1.29 is 5.11 Å². The largest absolute Gasteiger partial charge is 0.508 e. The topological polar surface area (TPSA) is 46.2 Å². The van der Waals surface area contributed by atoms with E-state index in [1.165, 1.54) is 5.56 Å². The summed E-state index contributed by atoms with van der Waals surface area (Å²) < 4.78 is 0. The number of rotatable bonds is 2. The average Bonchev–Trinajstić information content (AvgIpc) is 2.06. The lowest BCUT2D eigenvalue weighted by molar-refractivity contribution is 0.464. The molecular formula is C13H21NO. The number of phenolic OH excluding ortho intramolecular Hbond substituents is 1. The van der Waals surface area contributed by atoms with Crippen molar-refractivity contribution in [3.8, 4) is 5.75 Å². The van der Waals surface area contributed by atoms with E-state index in [1.807, 2.05) is 13.0 Å². The van der Waals surface area contributed by atoms with Gasteiger partial charge in [0.05, 0.1) is 0 Å². The number of hydrogen-bond donors (Lipinski definition) is 2. The van der Waals surface area contributed by atoms with Crippen LogP contribution in [0.15, 0.2) is 18.2 Å². The van der Waals surface area contributed by atoms with Gasteiger partial charge < -0.3 is 10.8 Å². The van der Waals surface area contributed by atoms with E-state index in [9.17, 15) is 5.11 Å². The van der Waals surface area contributed by atoms with Gasteiger partial charge in [-0.3, -0.25) is 0 Å². The standard InChI is InChI=1S/C13H21NO/c1-9(14)7-10-8-11(13(2,3)4)5-6-12(10)15/h5-6,8-9,15H,7,14H2,1-4H3. The van der Waals surface area contributed by atoms with Crippen molar-refractivity contribution in [1.82, 2.24) is 0 Å². The molecule has 1 aromatic rings. The van der Waals surface area contributed by atoms with Gasteiger partial charge in [0, 0.05) is 6.04 Å². The van der Waals surface area contributed by atoms with Gasteiger partial charge in [0.2, 0.25) is 0 Å². The highest BCUT2D eigenvalue weighted by atomic mass is 16.3. The van der Waals surface area contributed by atoms with Crippen LogP contribution in [0.1, 0.15) is 38.8 Å². The van der Waals surface area contributed by atoms with Crippen molar-refractivity contribution in [1.29, 1.82) is 0 Å². The molecule has 1 atom stereocenters. The molecule has 0 saturated carbocycles. The zero-order valence-corrected chi connectivity index (χ0v) is 10.0. The second-order valence-corrected chi connectivity index (χ2v) is 5.27. The number of nitrogens with two attached hydrogens (primary N) is 1. The number of phenols is 1. The van der Waals surface area contributed by atoms with E-state index in [1.54, 1.807) is 6.07 Å². The van der Waals surface area contributed by atoms with E-state index < -0.39 is 0 Å². The second kappa shape index (κ2) is 4.23. The van der Waals surface area contributed by atoms with Crippen LogP contribution in [-0.4, -0.2) is 11.1 Å². The highest BCUT2D eigenvalue weighted by Crippen LogP contribution is 2.27. The third-order valence-electron chi connectivity index (χ3n) is 2.49. The molecular weight excluding hydrogens is 186 g/mol. The molecule has 0 saturated heterocycles. The Morgan fingerprint density at radius 3 is 2.40 bits per heavy atom. The molecule has 0 aliphatic heterocycles. The van der Waals surface area contributed by atoms with Crippen LogP contribution in [0.5, 0.6) is 5.75 Å². The molecule has 2 nitrogen and oxygen atoms in total. The lowest BCUT2D eigenvalue weighted by atomic mass is 9.85. The summed E-state index contributed by atoms with van der Waals surface area (Å²) >= 11 is 0. The summed E-state index contributed by atoms with van der Waals surface area (Å²) in [5, 5.41) is 9.69. The lowest BCUT2D eigenvalue weighted by Gasteiger charge is -2.20. The van der Waals surface area contributed by atoms with Crippen molar-refractivity contribution in [2.24, 2.45) is 5.73 Å². The van der Waals surface area contributed by atoms with Gasteiger partial charge in [0.15, 0.2) is 0 Å². The Labute approximate surface area is 92.1 Å². The molecule has 84 valence electrons. The fourth-order valence-corrected chi connectivity index (χ4v) is 1.56. The van der Waals surface area contributed by atoms with E-state index >= 15 is 0 Å². The molecule has 2 heteroatoms. The van der Waals surface area contributed by atoms with Crippen LogP contribution in [0, 0.1) is 0 Å². The van der Waals surface area contributed by atoms with Gasteiger partial charge in [-0.05, 0) is 36.0 Å².